The van der Waals surface area contributed by atoms with Crippen molar-refractivity contribution in [2.45, 2.75) is 31.2 Å². The Kier molecular flexibility index (Phi) is 7.14. The summed E-state index contributed by atoms with van der Waals surface area (Å²) in [6, 6.07) is 11.6. The van der Waals surface area contributed by atoms with Gasteiger partial charge in [-0.2, -0.15) is 4.72 Å². The quantitative estimate of drug-likeness (QED) is 0.656. The zero-order valence-corrected chi connectivity index (χ0v) is 16.2. The molecule has 0 saturated carbocycles. The van der Waals surface area contributed by atoms with Crippen molar-refractivity contribution in [1.29, 1.82) is 0 Å². The van der Waals surface area contributed by atoms with Gasteiger partial charge in [0.25, 0.3) is 0 Å². The first-order valence-corrected chi connectivity index (χ1v) is 10.1. The van der Waals surface area contributed by atoms with E-state index in [4.69, 9.17) is 4.74 Å². The Morgan fingerprint density at radius 2 is 1.81 bits per heavy atom. The molecule has 0 aromatic heterocycles. The van der Waals surface area contributed by atoms with E-state index < -0.39 is 16.1 Å². The van der Waals surface area contributed by atoms with E-state index in [1.165, 1.54) is 0 Å². The third-order valence-electron chi connectivity index (χ3n) is 4.09. The lowest BCUT2D eigenvalue weighted by Gasteiger charge is -2.21. The van der Waals surface area contributed by atoms with Gasteiger partial charge in [-0.3, -0.25) is 4.79 Å². The van der Waals surface area contributed by atoms with Crippen molar-refractivity contribution in [3.8, 4) is 0 Å². The topological polar surface area (TPSA) is 84.5 Å². The average Bonchev–Trinajstić information content (AvgIpc) is 2.62. The average molecular weight is 378 g/mol. The molecule has 1 atom stereocenters. The summed E-state index contributed by atoms with van der Waals surface area (Å²) in [6.45, 7) is 4.59. The van der Waals surface area contributed by atoms with Gasteiger partial charge in [0.1, 0.15) is 6.04 Å². The highest BCUT2D eigenvalue weighted by Gasteiger charge is 2.28. The fourth-order valence-electron chi connectivity index (χ4n) is 2.60. The number of methoxy groups -OCH3 is 1. The largest absolute Gasteiger partial charge is 0.385 e. The standard InChI is InChI=1S/C19H26N2O4S/c1-14(2)18(19(22)20-11-6-12-25-3)21-26(23,24)17-10-9-15-7-4-5-8-16(15)13-17/h4-5,7-10,13-14,18,21H,6,11-12H2,1-3H3,(H,20,22)/t18-/m0/s1. The van der Waals surface area contributed by atoms with Crippen molar-refractivity contribution in [3.63, 3.8) is 0 Å². The maximum atomic E-state index is 12.8. The van der Waals surface area contributed by atoms with Crippen molar-refractivity contribution >= 4 is 26.7 Å². The molecule has 0 aliphatic heterocycles. The summed E-state index contributed by atoms with van der Waals surface area (Å²) in [6.07, 6.45) is 0.671. The van der Waals surface area contributed by atoms with Gasteiger partial charge >= 0.3 is 0 Å². The van der Waals surface area contributed by atoms with Crippen LogP contribution in [-0.2, 0) is 19.6 Å². The fraction of sp³-hybridized carbons (Fsp3) is 0.421. The fourth-order valence-corrected chi connectivity index (χ4v) is 3.98. The SMILES string of the molecule is COCCCNC(=O)[C@@H](NS(=O)(=O)c1ccc2ccccc2c1)C(C)C. The number of benzene rings is 2. The van der Waals surface area contributed by atoms with E-state index in [1.807, 2.05) is 38.1 Å². The van der Waals surface area contributed by atoms with Gasteiger partial charge in [-0.05, 0) is 35.2 Å². The van der Waals surface area contributed by atoms with Crippen molar-refractivity contribution in [1.82, 2.24) is 10.0 Å². The third kappa shape index (κ3) is 5.27. The van der Waals surface area contributed by atoms with Crippen LogP contribution in [0.1, 0.15) is 20.3 Å². The van der Waals surface area contributed by atoms with E-state index in [0.717, 1.165) is 10.8 Å². The number of fused-ring (bicyclic) bond motifs is 1. The first-order valence-electron chi connectivity index (χ1n) is 8.63. The Bertz CT molecular complexity index is 849. The van der Waals surface area contributed by atoms with E-state index in [0.29, 0.717) is 19.6 Å². The summed E-state index contributed by atoms with van der Waals surface area (Å²) < 4.78 is 33.0. The Hall–Kier alpha value is -1.96. The molecule has 0 spiro atoms. The van der Waals surface area contributed by atoms with E-state index in [-0.39, 0.29) is 16.7 Å². The number of ether oxygens (including phenoxy) is 1. The Balaban J connectivity index is 2.16. The molecule has 7 heteroatoms. The molecule has 0 radical (unpaired) electrons. The van der Waals surface area contributed by atoms with Gasteiger partial charge in [0, 0.05) is 20.3 Å². The monoisotopic (exact) mass is 378 g/mol. The molecule has 1 amide bonds. The molecule has 142 valence electrons. The van der Waals surface area contributed by atoms with Gasteiger partial charge in [0.2, 0.25) is 15.9 Å². The van der Waals surface area contributed by atoms with Gasteiger partial charge < -0.3 is 10.1 Å². The minimum atomic E-state index is -3.81. The number of sulfonamides is 1. The highest BCUT2D eigenvalue weighted by Crippen LogP contribution is 2.19. The van der Waals surface area contributed by atoms with E-state index in [9.17, 15) is 13.2 Å². The highest BCUT2D eigenvalue weighted by atomic mass is 32.2. The Morgan fingerprint density at radius 1 is 1.12 bits per heavy atom. The van der Waals surface area contributed by atoms with Crippen LogP contribution in [0.15, 0.2) is 47.4 Å². The van der Waals surface area contributed by atoms with Crippen LogP contribution in [0.25, 0.3) is 10.8 Å². The van der Waals surface area contributed by atoms with Crippen LogP contribution in [0.4, 0.5) is 0 Å². The molecule has 2 rings (SSSR count). The van der Waals surface area contributed by atoms with Crippen LogP contribution in [-0.4, -0.2) is 40.6 Å². The van der Waals surface area contributed by atoms with Crippen molar-refractivity contribution in [3.05, 3.63) is 42.5 Å². The van der Waals surface area contributed by atoms with Crippen molar-refractivity contribution < 1.29 is 17.9 Å². The summed E-state index contributed by atoms with van der Waals surface area (Å²) in [7, 11) is -2.22. The molecule has 0 bridgehead atoms. The first-order chi connectivity index (χ1) is 12.3. The van der Waals surface area contributed by atoms with Gasteiger partial charge in [0.05, 0.1) is 4.90 Å². The number of hydrogen-bond donors (Lipinski definition) is 2. The van der Waals surface area contributed by atoms with Crippen LogP contribution in [0.5, 0.6) is 0 Å². The van der Waals surface area contributed by atoms with Gasteiger partial charge in [-0.1, -0.05) is 44.2 Å². The molecule has 0 saturated heterocycles. The number of rotatable bonds is 9. The molecule has 6 nitrogen and oxygen atoms in total. The zero-order chi connectivity index (χ0) is 19.2. The maximum absolute atomic E-state index is 12.8. The number of hydrogen-bond acceptors (Lipinski definition) is 4. The second kappa shape index (κ2) is 9.12. The molecule has 26 heavy (non-hydrogen) atoms. The second-order valence-electron chi connectivity index (χ2n) is 6.49. The molecule has 2 aromatic rings. The second-order valence-corrected chi connectivity index (χ2v) is 8.20. The molecule has 0 unspecified atom stereocenters. The summed E-state index contributed by atoms with van der Waals surface area (Å²) in [5.41, 5.74) is 0. The molecule has 2 N–H and O–H groups in total. The van der Waals surface area contributed by atoms with Crippen molar-refractivity contribution in [2.75, 3.05) is 20.3 Å². The van der Waals surface area contributed by atoms with Crippen LogP contribution in [0.3, 0.4) is 0 Å². The zero-order valence-electron chi connectivity index (χ0n) is 15.4. The van der Waals surface area contributed by atoms with Crippen molar-refractivity contribution in [2.24, 2.45) is 5.92 Å². The molecule has 0 aliphatic rings. The first kappa shape index (κ1) is 20.4. The lowest BCUT2D eigenvalue weighted by molar-refractivity contribution is -0.123. The number of carbonyl (C=O) groups excluding carboxylic acids is 1. The minimum Gasteiger partial charge on any atom is -0.385 e. The molecule has 0 heterocycles. The minimum absolute atomic E-state index is 0.147. The molecular weight excluding hydrogens is 352 g/mol. The summed E-state index contributed by atoms with van der Waals surface area (Å²) in [4.78, 5) is 12.5. The summed E-state index contributed by atoms with van der Waals surface area (Å²) >= 11 is 0. The number of amides is 1. The Labute approximate surface area is 155 Å². The summed E-state index contributed by atoms with van der Waals surface area (Å²) in [5, 5.41) is 4.55. The van der Waals surface area contributed by atoms with E-state index in [1.54, 1.807) is 25.3 Å². The number of nitrogens with one attached hydrogen (secondary N) is 2. The van der Waals surface area contributed by atoms with Crippen LogP contribution in [0.2, 0.25) is 0 Å². The third-order valence-corrected chi connectivity index (χ3v) is 5.53. The molecule has 0 fully saturated rings. The van der Waals surface area contributed by atoms with Crippen LogP contribution < -0.4 is 10.0 Å². The van der Waals surface area contributed by atoms with Gasteiger partial charge in [0.15, 0.2) is 0 Å². The molecule has 0 aliphatic carbocycles. The predicted octanol–water partition coefficient (Wildman–Crippen LogP) is 2.30. The lowest BCUT2D eigenvalue weighted by Crippen LogP contribution is -2.49. The Morgan fingerprint density at radius 3 is 2.46 bits per heavy atom. The molecular formula is C19H26N2O4S. The number of carbonyl (C=O) groups is 1. The van der Waals surface area contributed by atoms with Gasteiger partial charge in [-0.25, -0.2) is 8.42 Å². The normalized spacial score (nSPS) is 13.1. The maximum Gasteiger partial charge on any atom is 0.241 e. The predicted molar refractivity (Wildman–Crippen MR) is 102 cm³/mol. The smallest absolute Gasteiger partial charge is 0.241 e. The van der Waals surface area contributed by atoms with E-state index in [2.05, 4.69) is 10.0 Å². The highest BCUT2D eigenvalue weighted by molar-refractivity contribution is 7.89. The summed E-state index contributed by atoms with van der Waals surface area (Å²) in [5.74, 6) is -0.520. The van der Waals surface area contributed by atoms with Crippen LogP contribution in [0, 0.1) is 5.92 Å². The van der Waals surface area contributed by atoms with Gasteiger partial charge in [-0.15, -0.1) is 0 Å². The van der Waals surface area contributed by atoms with Crippen LogP contribution >= 0.6 is 0 Å². The lowest BCUT2D eigenvalue weighted by atomic mass is 10.1. The molecule has 2 aromatic carbocycles. The van der Waals surface area contributed by atoms with E-state index >= 15 is 0 Å².